The summed E-state index contributed by atoms with van der Waals surface area (Å²) in [5, 5.41) is 0.728. The normalized spacial score (nSPS) is 14.4. The molecule has 0 aliphatic rings. The summed E-state index contributed by atoms with van der Waals surface area (Å²) in [5.41, 5.74) is 4.77. The molecule has 0 heterocycles. The predicted octanol–water partition coefficient (Wildman–Crippen LogP) is 5.89. The Morgan fingerprint density at radius 3 is 1.95 bits per heavy atom. The molecular weight excluding hydrogens is 278 g/mol. The molecule has 1 aromatic rings. The van der Waals surface area contributed by atoms with Crippen LogP contribution in [-0.4, -0.2) is 13.3 Å². The number of rotatable bonds is 5. The van der Waals surface area contributed by atoms with Gasteiger partial charge in [-0.1, -0.05) is 48.0 Å². The van der Waals surface area contributed by atoms with Crippen molar-refractivity contribution in [2.24, 2.45) is 4.99 Å². The number of nitrogens with zero attached hydrogens (tertiary/aromatic N) is 1. The van der Waals surface area contributed by atoms with E-state index < -0.39 is 0 Å². The average molecular weight is 300 g/mol. The van der Waals surface area contributed by atoms with E-state index in [4.69, 9.17) is 11.6 Å². The Labute approximate surface area is 133 Å². The summed E-state index contributed by atoms with van der Waals surface area (Å²) in [4.78, 5) is 3.97. The molecule has 0 saturated carbocycles. The fourth-order valence-corrected chi connectivity index (χ4v) is 1.98. The molecule has 1 rings (SSSR count). The molecule has 1 nitrogen and oxygen atoms in total. The Kier molecular flexibility index (Phi) is 7.49. The second-order valence-corrected chi connectivity index (χ2v) is 5.17. The Morgan fingerprint density at radius 2 is 1.48 bits per heavy atom. The van der Waals surface area contributed by atoms with Gasteiger partial charge in [-0.15, -0.1) is 0 Å². The lowest BCUT2D eigenvalue weighted by Crippen LogP contribution is -1.84. The quantitative estimate of drug-likeness (QED) is 0.474. The lowest BCUT2D eigenvalue weighted by molar-refractivity contribution is 1.47. The van der Waals surface area contributed by atoms with E-state index >= 15 is 0 Å². The van der Waals surface area contributed by atoms with E-state index in [-0.39, 0.29) is 0 Å². The first-order valence-electron chi connectivity index (χ1n) is 6.95. The molecule has 2 heteroatoms. The van der Waals surface area contributed by atoms with E-state index in [2.05, 4.69) is 43.1 Å². The van der Waals surface area contributed by atoms with Gasteiger partial charge in [0.15, 0.2) is 0 Å². The Morgan fingerprint density at radius 1 is 0.952 bits per heavy atom. The van der Waals surface area contributed by atoms with E-state index in [1.54, 1.807) is 7.05 Å². The molecule has 0 saturated heterocycles. The standard InChI is InChI=1S/C19H22ClN/c1-5-6-19(20)12-7-15(2)17-8-10-18(11-9-17)16(3)13-14-21-4/h5-14H,1-4H3/b6-5-,15-7+,16-13+,19-12+,21-14-. The first kappa shape index (κ1) is 17.2. The van der Waals surface area contributed by atoms with Crippen LogP contribution in [0, 0.1) is 0 Å². The summed E-state index contributed by atoms with van der Waals surface area (Å²) >= 11 is 6.04. The summed E-state index contributed by atoms with van der Waals surface area (Å²) < 4.78 is 0. The molecule has 0 aliphatic heterocycles. The van der Waals surface area contributed by atoms with Gasteiger partial charge in [0.2, 0.25) is 0 Å². The molecule has 0 N–H and O–H groups in total. The Balaban J connectivity index is 2.92. The number of halogens is 1. The highest BCUT2D eigenvalue weighted by molar-refractivity contribution is 6.31. The van der Waals surface area contributed by atoms with Gasteiger partial charge in [-0.2, -0.15) is 0 Å². The molecular formula is C19H22ClN. The van der Waals surface area contributed by atoms with E-state index in [1.165, 1.54) is 22.3 Å². The van der Waals surface area contributed by atoms with Gasteiger partial charge in [0, 0.05) is 18.3 Å². The molecule has 0 atom stereocenters. The molecule has 1 aromatic carbocycles. The fourth-order valence-electron chi connectivity index (χ4n) is 1.79. The zero-order valence-electron chi connectivity index (χ0n) is 13.1. The van der Waals surface area contributed by atoms with Gasteiger partial charge in [-0.05, 0) is 61.3 Å². The van der Waals surface area contributed by atoms with Crippen molar-refractivity contribution in [3.8, 4) is 0 Å². The summed E-state index contributed by atoms with van der Waals surface area (Å²) in [6.45, 7) is 6.11. The molecule has 0 bridgehead atoms. The number of aliphatic imine (C=N–C) groups is 1. The first-order chi connectivity index (χ1) is 10.1. The van der Waals surface area contributed by atoms with Gasteiger partial charge < -0.3 is 0 Å². The largest absolute Gasteiger partial charge is 0.297 e. The van der Waals surface area contributed by atoms with Crippen molar-refractivity contribution in [3.05, 3.63) is 70.8 Å². The molecule has 0 unspecified atom stereocenters. The van der Waals surface area contributed by atoms with Crippen LogP contribution >= 0.6 is 11.6 Å². The van der Waals surface area contributed by atoms with Crippen molar-refractivity contribution < 1.29 is 0 Å². The fraction of sp³-hybridized carbons (Fsp3) is 0.211. The van der Waals surface area contributed by atoms with Crippen LogP contribution in [0.5, 0.6) is 0 Å². The molecule has 0 aliphatic carbocycles. The van der Waals surface area contributed by atoms with Crippen LogP contribution in [0.4, 0.5) is 0 Å². The maximum atomic E-state index is 6.04. The Hall–Kier alpha value is -1.86. The number of hydrogen-bond donors (Lipinski definition) is 0. The third-order valence-corrected chi connectivity index (χ3v) is 3.34. The van der Waals surface area contributed by atoms with Crippen molar-refractivity contribution >= 4 is 29.0 Å². The molecule has 0 spiro atoms. The van der Waals surface area contributed by atoms with Crippen molar-refractivity contribution in [3.63, 3.8) is 0 Å². The van der Waals surface area contributed by atoms with Crippen LogP contribution in [0.15, 0.2) is 64.7 Å². The highest BCUT2D eigenvalue weighted by Crippen LogP contribution is 2.19. The maximum absolute atomic E-state index is 6.04. The zero-order valence-corrected chi connectivity index (χ0v) is 13.9. The maximum Gasteiger partial charge on any atom is 0.0402 e. The number of allylic oxidation sites excluding steroid dienone is 8. The highest BCUT2D eigenvalue weighted by atomic mass is 35.5. The minimum absolute atomic E-state index is 0.728. The summed E-state index contributed by atoms with van der Waals surface area (Å²) in [7, 11) is 1.77. The van der Waals surface area contributed by atoms with Gasteiger partial charge >= 0.3 is 0 Å². The van der Waals surface area contributed by atoms with Gasteiger partial charge in [-0.3, -0.25) is 4.99 Å². The molecule has 0 radical (unpaired) electrons. The second kappa shape index (κ2) is 9.15. The summed E-state index contributed by atoms with van der Waals surface area (Å²) in [6, 6.07) is 8.50. The van der Waals surface area contributed by atoms with E-state index in [9.17, 15) is 0 Å². The third-order valence-electron chi connectivity index (χ3n) is 3.09. The van der Waals surface area contributed by atoms with E-state index in [1.807, 2.05) is 43.5 Å². The zero-order chi connectivity index (χ0) is 15.7. The summed E-state index contributed by atoms with van der Waals surface area (Å²) in [6.07, 6.45) is 11.6. The van der Waals surface area contributed by atoms with Gasteiger partial charge in [-0.25, -0.2) is 0 Å². The van der Waals surface area contributed by atoms with Crippen LogP contribution in [0.3, 0.4) is 0 Å². The number of hydrogen-bond acceptors (Lipinski definition) is 1. The summed E-state index contributed by atoms with van der Waals surface area (Å²) in [5.74, 6) is 0. The Bertz CT molecular complexity index is 599. The SMILES string of the molecule is C\C=C/C(Cl)=C\C=C(/C)c1ccc(/C(C)=C/C=N\C)cc1. The molecule has 110 valence electrons. The van der Waals surface area contributed by atoms with E-state index in [0.29, 0.717) is 0 Å². The average Bonchev–Trinajstić information content (AvgIpc) is 2.50. The van der Waals surface area contributed by atoms with Crippen molar-refractivity contribution in [1.82, 2.24) is 0 Å². The van der Waals surface area contributed by atoms with Gasteiger partial charge in [0.25, 0.3) is 0 Å². The van der Waals surface area contributed by atoms with Crippen LogP contribution in [0.1, 0.15) is 31.9 Å². The van der Waals surface area contributed by atoms with Crippen molar-refractivity contribution in [2.45, 2.75) is 20.8 Å². The van der Waals surface area contributed by atoms with Gasteiger partial charge in [0.1, 0.15) is 0 Å². The van der Waals surface area contributed by atoms with Crippen molar-refractivity contribution in [2.75, 3.05) is 7.05 Å². The molecule has 21 heavy (non-hydrogen) atoms. The monoisotopic (exact) mass is 299 g/mol. The minimum Gasteiger partial charge on any atom is -0.297 e. The lowest BCUT2D eigenvalue weighted by Gasteiger charge is -2.04. The first-order valence-corrected chi connectivity index (χ1v) is 7.33. The topological polar surface area (TPSA) is 12.4 Å². The van der Waals surface area contributed by atoms with Crippen LogP contribution in [0.25, 0.3) is 11.1 Å². The molecule has 0 aromatic heterocycles. The second-order valence-electron chi connectivity index (χ2n) is 4.74. The highest BCUT2D eigenvalue weighted by Gasteiger charge is 1.98. The van der Waals surface area contributed by atoms with Crippen LogP contribution < -0.4 is 0 Å². The number of benzene rings is 1. The van der Waals surface area contributed by atoms with Gasteiger partial charge in [0.05, 0.1) is 0 Å². The smallest absolute Gasteiger partial charge is 0.0402 e. The van der Waals surface area contributed by atoms with E-state index in [0.717, 1.165) is 5.03 Å². The lowest BCUT2D eigenvalue weighted by atomic mass is 10.0. The van der Waals surface area contributed by atoms with Crippen LogP contribution in [-0.2, 0) is 0 Å². The minimum atomic E-state index is 0.728. The third kappa shape index (κ3) is 5.97. The molecule has 0 fully saturated rings. The van der Waals surface area contributed by atoms with Crippen LogP contribution in [0.2, 0.25) is 0 Å². The van der Waals surface area contributed by atoms with Crippen molar-refractivity contribution in [1.29, 1.82) is 0 Å². The molecule has 0 amide bonds. The predicted molar refractivity (Wildman–Crippen MR) is 96.9 cm³/mol.